The summed E-state index contributed by atoms with van der Waals surface area (Å²) in [6.45, 7) is 0. The minimum Gasteiger partial charge on any atom is -0.494 e. The molecule has 22 heavy (non-hydrogen) atoms. The zero-order valence-electron chi connectivity index (χ0n) is 11.5. The van der Waals surface area contributed by atoms with Crippen LogP contribution in [0.5, 0.6) is 5.88 Å². The molecule has 0 amide bonds. The largest absolute Gasteiger partial charge is 0.494 e. The van der Waals surface area contributed by atoms with Gasteiger partial charge in [-0.05, 0) is 42.5 Å². The van der Waals surface area contributed by atoms with Gasteiger partial charge in [0.05, 0.1) is 11.3 Å². The van der Waals surface area contributed by atoms with Crippen LogP contribution >= 0.6 is 11.6 Å². The maximum absolute atomic E-state index is 10.0. The minimum absolute atomic E-state index is 0.0868. The number of halogens is 1. The van der Waals surface area contributed by atoms with E-state index in [4.69, 9.17) is 11.6 Å². The van der Waals surface area contributed by atoms with Gasteiger partial charge in [0.25, 0.3) is 0 Å². The highest BCUT2D eigenvalue weighted by Gasteiger charge is 2.09. The van der Waals surface area contributed by atoms with E-state index in [-0.39, 0.29) is 5.88 Å². The number of aromatic amines is 2. The summed E-state index contributed by atoms with van der Waals surface area (Å²) in [6.07, 6.45) is 3.55. The lowest BCUT2D eigenvalue weighted by Crippen LogP contribution is -1.79. The second kappa shape index (κ2) is 4.93. The minimum atomic E-state index is 0.0868. The highest BCUT2D eigenvalue weighted by molar-refractivity contribution is 6.31. The highest BCUT2D eigenvalue weighted by atomic mass is 35.5. The molecule has 0 radical (unpaired) electrons. The third kappa shape index (κ3) is 2.14. The number of rotatable bonds is 2. The molecule has 5 heteroatoms. The number of aromatic hydroxyl groups is 1. The Morgan fingerprint density at radius 1 is 1.05 bits per heavy atom. The zero-order chi connectivity index (χ0) is 15.1. The number of hydrogen-bond acceptors (Lipinski definition) is 2. The number of fused-ring (bicyclic) bond motifs is 2. The summed E-state index contributed by atoms with van der Waals surface area (Å²) in [4.78, 5) is 10.5. The zero-order valence-corrected chi connectivity index (χ0v) is 12.2. The van der Waals surface area contributed by atoms with E-state index in [0.717, 1.165) is 27.5 Å². The van der Waals surface area contributed by atoms with E-state index in [2.05, 4.69) is 15.0 Å². The lowest BCUT2D eigenvalue weighted by Gasteiger charge is -1.96. The van der Waals surface area contributed by atoms with Gasteiger partial charge in [-0.2, -0.15) is 0 Å². The Morgan fingerprint density at radius 2 is 1.91 bits per heavy atom. The second-order valence-electron chi connectivity index (χ2n) is 5.08. The number of aliphatic imine (C=N–C) groups is 1. The molecule has 0 aliphatic heterocycles. The first-order valence-electron chi connectivity index (χ1n) is 6.82. The van der Waals surface area contributed by atoms with E-state index in [1.165, 1.54) is 0 Å². The maximum atomic E-state index is 10.0. The fraction of sp³-hybridized carbons (Fsp3) is 0. The molecule has 0 saturated carbocycles. The number of H-pyrrole nitrogens is 2. The third-order valence-electron chi connectivity index (χ3n) is 3.66. The molecule has 2 aromatic carbocycles. The van der Waals surface area contributed by atoms with E-state index in [0.29, 0.717) is 10.6 Å². The number of aromatic nitrogens is 2. The molecule has 2 aromatic heterocycles. The highest BCUT2D eigenvalue weighted by Crippen LogP contribution is 2.29. The van der Waals surface area contributed by atoms with Gasteiger partial charge in [0.2, 0.25) is 0 Å². The number of nitrogens with zero attached hydrogens (tertiary/aromatic N) is 1. The SMILES string of the molecule is Oc1[nH]c2ccc(Cl)cc2c1C=Nc1ccc2[nH]ccc2c1. The van der Waals surface area contributed by atoms with Crippen LogP contribution in [0.15, 0.2) is 53.7 Å². The Bertz CT molecular complexity index is 1010. The van der Waals surface area contributed by atoms with Crippen molar-refractivity contribution in [2.45, 2.75) is 0 Å². The normalized spacial score (nSPS) is 11.9. The fourth-order valence-corrected chi connectivity index (χ4v) is 2.73. The van der Waals surface area contributed by atoms with E-state index in [1.807, 2.05) is 42.6 Å². The van der Waals surface area contributed by atoms with Gasteiger partial charge in [0, 0.05) is 39.2 Å². The fourth-order valence-electron chi connectivity index (χ4n) is 2.56. The van der Waals surface area contributed by atoms with Crippen LogP contribution in [0.3, 0.4) is 0 Å². The summed E-state index contributed by atoms with van der Waals surface area (Å²) in [6, 6.07) is 13.3. The Balaban J connectivity index is 1.78. The number of hydrogen-bond donors (Lipinski definition) is 3. The van der Waals surface area contributed by atoms with E-state index >= 15 is 0 Å². The van der Waals surface area contributed by atoms with Crippen molar-refractivity contribution in [1.29, 1.82) is 0 Å². The van der Waals surface area contributed by atoms with Gasteiger partial charge in [-0.3, -0.25) is 4.99 Å². The monoisotopic (exact) mass is 309 g/mol. The molecule has 0 fully saturated rings. The van der Waals surface area contributed by atoms with E-state index in [1.54, 1.807) is 12.3 Å². The van der Waals surface area contributed by atoms with E-state index in [9.17, 15) is 5.11 Å². The predicted molar refractivity (Wildman–Crippen MR) is 90.5 cm³/mol. The lowest BCUT2D eigenvalue weighted by molar-refractivity contribution is 0.457. The van der Waals surface area contributed by atoms with Crippen molar-refractivity contribution in [3.63, 3.8) is 0 Å². The summed E-state index contributed by atoms with van der Waals surface area (Å²) in [7, 11) is 0. The molecule has 108 valence electrons. The predicted octanol–water partition coefficient (Wildman–Crippen LogP) is 4.76. The first-order valence-corrected chi connectivity index (χ1v) is 7.20. The molecular weight excluding hydrogens is 298 g/mol. The van der Waals surface area contributed by atoms with Crippen molar-refractivity contribution < 1.29 is 5.11 Å². The van der Waals surface area contributed by atoms with Gasteiger partial charge in [-0.1, -0.05) is 11.6 Å². The summed E-state index contributed by atoms with van der Waals surface area (Å²) in [5.74, 6) is 0.0868. The van der Waals surface area contributed by atoms with Gasteiger partial charge in [-0.25, -0.2) is 0 Å². The van der Waals surface area contributed by atoms with Gasteiger partial charge >= 0.3 is 0 Å². The van der Waals surface area contributed by atoms with Crippen molar-refractivity contribution in [1.82, 2.24) is 9.97 Å². The molecule has 3 N–H and O–H groups in total. The molecule has 0 aliphatic carbocycles. The van der Waals surface area contributed by atoms with Crippen LogP contribution in [0.25, 0.3) is 21.8 Å². The molecule has 0 unspecified atom stereocenters. The van der Waals surface area contributed by atoms with Crippen LogP contribution < -0.4 is 0 Å². The first kappa shape index (κ1) is 13.0. The Kier molecular flexibility index (Phi) is 2.91. The second-order valence-corrected chi connectivity index (χ2v) is 5.52. The Labute approximate surface area is 131 Å². The summed E-state index contributed by atoms with van der Waals surface area (Å²) < 4.78 is 0. The third-order valence-corrected chi connectivity index (χ3v) is 3.89. The van der Waals surface area contributed by atoms with Gasteiger partial charge in [0.1, 0.15) is 0 Å². The molecule has 4 nitrogen and oxygen atoms in total. The molecule has 0 bridgehead atoms. The quantitative estimate of drug-likeness (QED) is 0.459. The number of benzene rings is 2. The topological polar surface area (TPSA) is 64.2 Å². The average molecular weight is 310 g/mol. The number of nitrogens with one attached hydrogen (secondary N) is 2. The lowest BCUT2D eigenvalue weighted by atomic mass is 10.2. The van der Waals surface area contributed by atoms with Crippen molar-refractivity contribution in [3.05, 3.63) is 59.2 Å². The molecule has 0 spiro atoms. The van der Waals surface area contributed by atoms with Gasteiger partial charge in [-0.15, -0.1) is 0 Å². The molecule has 2 heterocycles. The average Bonchev–Trinajstić information content (AvgIpc) is 3.08. The summed E-state index contributed by atoms with van der Waals surface area (Å²) in [5, 5.41) is 12.6. The van der Waals surface area contributed by atoms with Crippen LogP contribution in [0.2, 0.25) is 5.02 Å². The Morgan fingerprint density at radius 3 is 2.82 bits per heavy atom. The van der Waals surface area contributed by atoms with Crippen LogP contribution in [0, 0.1) is 0 Å². The van der Waals surface area contributed by atoms with Crippen molar-refractivity contribution >= 4 is 45.3 Å². The molecule has 4 aromatic rings. The van der Waals surface area contributed by atoms with Gasteiger partial charge in [0.15, 0.2) is 5.88 Å². The molecule has 0 aliphatic rings. The summed E-state index contributed by atoms with van der Waals surface area (Å²) in [5.41, 5.74) is 3.35. The smallest absolute Gasteiger partial charge is 0.198 e. The van der Waals surface area contributed by atoms with Crippen molar-refractivity contribution in [2.24, 2.45) is 4.99 Å². The van der Waals surface area contributed by atoms with Crippen molar-refractivity contribution in [3.8, 4) is 5.88 Å². The first-order chi connectivity index (χ1) is 10.7. The van der Waals surface area contributed by atoms with Gasteiger partial charge < -0.3 is 15.1 Å². The molecule has 4 rings (SSSR count). The van der Waals surface area contributed by atoms with Crippen molar-refractivity contribution in [2.75, 3.05) is 0 Å². The van der Waals surface area contributed by atoms with E-state index < -0.39 is 0 Å². The van der Waals surface area contributed by atoms with Crippen LogP contribution in [0.1, 0.15) is 5.56 Å². The standard InChI is InChI=1S/C17H12ClN3O/c18-11-1-3-16-13(8-11)14(17(22)21-16)9-20-12-2-4-15-10(7-12)5-6-19-15/h1-9,19,21-22H. The Hall–Kier alpha value is -2.72. The van der Waals surface area contributed by atoms with Crippen LogP contribution in [0.4, 0.5) is 5.69 Å². The molecular formula is C17H12ClN3O. The summed E-state index contributed by atoms with van der Waals surface area (Å²) >= 11 is 6.03. The molecule has 0 saturated heterocycles. The van der Waals surface area contributed by atoms with Crippen LogP contribution in [-0.2, 0) is 0 Å². The molecule has 0 atom stereocenters. The van der Waals surface area contributed by atoms with Crippen LogP contribution in [-0.4, -0.2) is 21.3 Å². The maximum Gasteiger partial charge on any atom is 0.198 e.